The molecule has 0 radical (unpaired) electrons. The zero-order valence-electron chi connectivity index (χ0n) is 16.5. The molecule has 30 heavy (non-hydrogen) atoms. The van der Waals surface area contributed by atoms with Crippen molar-refractivity contribution in [2.75, 3.05) is 0 Å². The first-order valence-corrected chi connectivity index (χ1v) is 7.68. The van der Waals surface area contributed by atoms with Gasteiger partial charge in [-0.25, -0.2) is 0 Å². The monoisotopic (exact) mass is 432 g/mol. The average Bonchev–Trinajstić information content (AvgIpc) is 2.56. The molecule has 0 bridgehead atoms. The van der Waals surface area contributed by atoms with Crippen molar-refractivity contribution < 1.29 is 60.0 Å². The first-order chi connectivity index (χ1) is 13.6. The number of aromatic hydroxyl groups is 4. The number of carboxylic acids is 4. The second kappa shape index (κ2) is 15.8. The van der Waals surface area contributed by atoms with Crippen LogP contribution in [0.15, 0.2) is 24.3 Å². The Morgan fingerprint density at radius 1 is 0.500 bits per heavy atom. The van der Waals surface area contributed by atoms with Crippen LogP contribution in [0, 0.1) is 0 Å². The van der Waals surface area contributed by atoms with Gasteiger partial charge in [0.05, 0.1) is 0 Å². The molecule has 0 atom stereocenters. The van der Waals surface area contributed by atoms with Crippen LogP contribution in [0.5, 0.6) is 23.0 Å². The highest BCUT2D eigenvalue weighted by atomic mass is 16.4. The van der Waals surface area contributed by atoms with Crippen LogP contribution >= 0.6 is 0 Å². The largest absolute Gasteiger partial charge is 0.504 e. The number of rotatable bonds is 0. The van der Waals surface area contributed by atoms with Gasteiger partial charge in [-0.1, -0.05) is 24.3 Å². The van der Waals surface area contributed by atoms with Gasteiger partial charge in [0.15, 0.2) is 11.5 Å². The van der Waals surface area contributed by atoms with E-state index in [-0.39, 0.29) is 0 Å². The van der Waals surface area contributed by atoms with E-state index in [1.807, 2.05) is 0 Å². The Bertz CT molecular complexity index is 747. The predicted octanol–water partition coefficient (Wildman–Crippen LogP) is 2.03. The topological polar surface area (TPSA) is 230 Å². The lowest BCUT2D eigenvalue weighted by atomic mass is 10.1. The van der Waals surface area contributed by atoms with Crippen LogP contribution in [0.2, 0.25) is 0 Å². The number of hydrogen-bond acceptors (Lipinski definition) is 8. The number of carbonyl (C=O) groups is 4. The molecule has 168 valence electrons. The summed E-state index contributed by atoms with van der Waals surface area (Å²) in [6.45, 7) is 4.33. The molecule has 0 aromatic heterocycles. The zero-order valence-corrected chi connectivity index (χ0v) is 16.5. The Morgan fingerprint density at radius 3 is 0.833 bits per heavy atom. The lowest BCUT2D eigenvalue weighted by Crippen LogP contribution is -1.78. The smallest absolute Gasteiger partial charge is 0.300 e. The number of fused-ring (bicyclic) bond motifs is 1. The van der Waals surface area contributed by atoms with Gasteiger partial charge in [0.25, 0.3) is 23.9 Å². The number of benzene rings is 2. The van der Waals surface area contributed by atoms with Crippen molar-refractivity contribution in [3.63, 3.8) is 0 Å². The van der Waals surface area contributed by atoms with Crippen molar-refractivity contribution >= 4 is 34.6 Å². The van der Waals surface area contributed by atoms with E-state index >= 15 is 0 Å². The van der Waals surface area contributed by atoms with Gasteiger partial charge in [-0.05, 0) is 0 Å². The molecule has 0 amide bonds. The summed E-state index contributed by atoms with van der Waals surface area (Å²) in [6.07, 6.45) is 0. The minimum absolute atomic E-state index is 0.292. The highest BCUT2D eigenvalue weighted by Crippen LogP contribution is 2.48. The molecule has 0 saturated heterocycles. The van der Waals surface area contributed by atoms with Crippen LogP contribution in [0.25, 0.3) is 10.8 Å². The van der Waals surface area contributed by atoms with Crippen molar-refractivity contribution in [3.05, 3.63) is 24.3 Å². The van der Waals surface area contributed by atoms with Gasteiger partial charge < -0.3 is 40.9 Å². The van der Waals surface area contributed by atoms with Gasteiger partial charge in [-0.15, -0.1) is 0 Å². The summed E-state index contributed by atoms with van der Waals surface area (Å²) in [5.74, 6) is -5.62. The minimum Gasteiger partial charge on any atom is -0.504 e. The van der Waals surface area contributed by atoms with E-state index in [1.54, 1.807) is 12.1 Å². The molecular formula is C18H24O12. The van der Waals surface area contributed by atoms with Crippen molar-refractivity contribution in [2.45, 2.75) is 27.7 Å². The first kappa shape index (κ1) is 30.5. The highest BCUT2D eigenvalue weighted by Gasteiger charge is 2.16. The van der Waals surface area contributed by atoms with Crippen molar-refractivity contribution in [2.24, 2.45) is 0 Å². The molecule has 12 heteroatoms. The van der Waals surface area contributed by atoms with Crippen molar-refractivity contribution in [3.8, 4) is 23.0 Å². The maximum Gasteiger partial charge on any atom is 0.300 e. The molecule has 0 aliphatic rings. The molecular weight excluding hydrogens is 408 g/mol. The molecule has 2 aromatic rings. The quantitative estimate of drug-likeness (QED) is 0.221. The molecule has 0 spiro atoms. The number of carboxylic acid groups (broad SMARTS) is 4. The highest BCUT2D eigenvalue weighted by molar-refractivity contribution is 5.97. The van der Waals surface area contributed by atoms with Crippen LogP contribution in [-0.4, -0.2) is 64.7 Å². The summed E-state index contributed by atoms with van der Waals surface area (Å²) in [5, 5.41) is 67.6. The third-order valence-electron chi connectivity index (χ3n) is 2.11. The molecule has 0 saturated carbocycles. The number of hydrogen-bond donors (Lipinski definition) is 8. The van der Waals surface area contributed by atoms with E-state index in [1.165, 1.54) is 12.1 Å². The fourth-order valence-corrected chi connectivity index (χ4v) is 1.38. The summed E-state index contributed by atoms with van der Waals surface area (Å²) in [5.41, 5.74) is 0. The molecule has 0 heterocycles. The standard InChI is InChI=1S/C10H8O4.4C2H4O2/c11-7-5-3-1-2-4-6(5)8(12)10(14)9(7)13;4*1-2(3)4/h1-4,11-14H;4*1H3,(H,3,4). The number of phenols is 4. The van der Waals surface area contributed by atoms with Gasteiger partial charge >= 0.3 is 0 Å². The van der Waals surface area contributed by atoms with Gasteiger partial charge in [-0.2, -0.15) is 0 Å². The number of aliphatic carboxylic acids is 4. The Kier molecular flexibility index (Phi) is 16.1. The van der Waals surface area contributed by atoms with Crippen LogP contribution in [0.1, 0.15) is 27.7 Å². The first-order valence-electron chi connectivity index (χ1n) is 7.68. The maximum atomic E-state index is 9.44. The molecule has 2 aromatic carbocycles. The summed E-state index contributed by atoms with van der Waals surface area (Å²) >= 11 is 0. The Balaban J connectivity index is -0.000000378. The number of phenolic OH excluding ortho intramolecular Hbond substituents is 4. The molecule has 0 aliphatic heterocycles. The van der Waals surface area contributed by atoms with Crippen molar-refractivity contribution in [1.29, 1.82) is 0 Å². The van der Waals surface area contributed by atoms with E-state index in [0.29, 0.717) is 10.8 Å². The van der Waals surface area contributed by atoms with Crippen LogP contribution < -0.4 is 0 Å². The summed E-state index contributed by atoms with van der Waals surface area (Å²) in [6, 6.07) is 6.36. The van der Waals surface area contributed by atoms with Gasteiger partial charge in [0.1, 0.15) is 0 Å². The molecule has 12 nitrogen and oxygen atoms in total. The van der Waals surface area contributed by atoms with Crippen LogP contribution in [-0.2, 0) is 19.2 Å². The maximum absolute atomic E-state index is 9.44. The summed E-state index contributed by atoms with van der Waals surface area (Å²) < 4.78 is 0. The van der Waals surface area contributed by atoms with Gasteiger partial charge in [0.2, 0.25) is 11.5 Å². The summed E-state index contributed by atoms with van der Waals surface area (Å²) in [7, 11) is 0. The molecule has 0 fully saturated rings. The van der Waals surface area contributed by atoms with E-state index in [4.69, 9.17) is 39.6 Å². The van der Waals surface area contributed by atoms with E-state index in [2.05, 4.69) is 0 Å². The lowest BCUT2D eigenvalue weighted by Gasteiger charge is -2.07. The fourth-order valence-electron chi connectivity index (χ4n) is 1.38. The molecule has 0 unspecified atom stereocenters. The fraction of sp³-hybridized carbons (Fsp3) is 0.222. The molecule has 0 aliphatic carbocycles. The third-order valence-corrected chi connectivity index (χ3v) is 2.11. The Hall–Kier alpha value is -4.22. The van der Waals surface area contributed by atoms with Gasteiger partial charge in [0, 0.05) is 38.5 Å². The normalized spacial score (nSPS) is 8.27. The predicted molar refractivity (Wildman–Crippen MR) is 104 cm³/mol. The van der Waals surface area contributed by atoms with Gasteiger partial charge in [-0.3, -0.25) is 19.2 Å². The van der Waals surface area contributed by atoms with E-state index in [9.17, 15) is 20.4 Å². The van der Waals surface area contributed by atoms with Crippen molar-refractivity contribution in [1.82, 2.24) is 0 Å². The Morgan fingerprint density at radius 2 is 0.667 bits per heavy atom. The second-order valence-electron chi connectivity index (χ2n) is 5.02. The molecule has 2 rings (SSSR count). The van der Waals surface area contributed by atoms with E-state index in [0.717, 1.165) is 27.7 Å². The average molecular weight is 432 g/mol. The Labute approximate surface area is 170 Å². The summed E-state index contributed by atoms with van der Waals surface area (Å²) in [4.78, 5) is 36.0. The SMILES string of the molecule is CC(=O)O.CC(=O)O.CC(=O)O.CC(=O)O.Oc1c(O)c(O)c2ccccc2c1O. The zero-order chi connectivity index (χ0) is 24.6. The van der Waals surface area contributed by atoms with E-state index < -0.39 is 46.9 Å². The molecule has 8 N–H and O–H groups in total. The van der Waals surface area contributed by atoms with Crippen LogP contribution in [0.4, 0.5) is 0 Å². The lowest BCUT2D eigenvalue weighted by molar-refractivity contribution is -0.135. The second-order valence-corrected chi connectivity index (χ2v) is 5.02. The third kappa shape index (κ3) is 17.2. The van der Waals surface area contributed by atoms with Crippen LogP contribution in [0.3, 0.4) is 0 Å². The minimum atomic E-state index is -0.833.